The number of nitrogens with zero attached hydrogens (tertiary/aromatic N) is 2. The molecule has 2 aliphatic heterocycles. The highest BCUT2D eigenvalue weighted by molar-refractivity contribution is 6.35. The van der Waals surface area contributed by atoms with E-state index in [0.29, 0.717) is 47.1 Å². The second kappa shape index (κ2) is 8.28. The standard InChI is InChI=1S/C22H20Cl2N2O4/c1-30-22(29)14-4-7-18-13(11-14)8-10-26(18)21(28)19-3-2-9-25(19)20(27)16-12-15(23)5-6-17(16)24/h4-7,11-12,19H,2-3,8-10H2,1H3. The Kier molecular flexibility index (Phi) is 5.71. The molecule has 1 fully saturated rings. The predicted molar refractivity (Wildman–Crippen MR) is 114 cm³/mol. The molecule has 0 N–H and O–H groups in total. The number of amides is 2. The molecule has 0 aliphatic carbocycles. The highest BCUT2D eigenvalue weighted by Crippen LogP contribution is 2.33. The average molecular weight is 447 g/mol. The van der Waals surface area contributed by atoms with Gasteiger partial charge in [0.2, 0.25) is 5.91 Å². The summed E-state index contributed by atoms with van der Waals surface area (Å²) >= 11 is 12.2. The fourth-order valence-electron chi connectivity index (χ4n) is 4.14. The molecule has 0 bridgehead atoms. The molecular formula is C22H20Cl2N2O4. The number of rotatable bonds is 3. The molecule has 0 saturated carbocycles. The SMILES string of the molecule is COC(=O)c1ccc2c(c1)CCN2C(=O)C1CCCN1C(=O)c1cc(Cl)ccc1Cl. The zero-order valence-corrected chi connectivity index (χ0v) is 17.9. The van der Waals surface area contributed by atoms with Gasteiger partial charge in [-0.15, -0.1) is 0 Å². The van der Waals surface area contributed by atoms with Gasteiger partial charge in [-0.3, -0.25) is 9.59 Å². The smallest absolute Gasteiger partial charge is 0.337 e. The van der Waals surface area contributed by atoms with Crippen molar-refractivity contribution >= 4 is 46.7 Å². The maximum Gasteiger partial charge on any atom is 0.337 e. The van der Waals surface area contributed by atoms with Crippen LogP contribution in [-0.4, -0.2) is 48.9 Å². The number of anilines is 1. The van der Waals surface area contributed by atoms with Crippen LogP contribution in [0.25, 0.3) is 0 Å². The van der Waals surface area contributed by atoms with Gasteiger partial charge in [0.15, 0.2) is 0 Å². The van der Waals surface area contributed by atoms with Crippen LogP contribution < -0.4 is 4.90 Å². The highest BCUT2D eigenvalue weighted by Gasteiger charge is 2.39. The third-order valence-electron chi connectivity index (χ3n) is 5.62. The second-order valence-corrected chi connectivity index (χ2v) is 8.20. The first-order chi connectivity index (χ1) is 14.4. The van der Waals surface area contributed by atoms with Gasteiger partial charge in [-0.2, -0.15) is 0 Å². The summed E-state index contributed by atoms with van der Waals surface area (Å²) in [4.78, 5) is 41.5. The largest absolute Gasteiger partial charge is 0.465 e. The van der Waals surface area contributed by atoms with E-state index in [4.69, 9.17) is 27.9 Å². The van der Waals surface area contributed by atoms with Gasteiger partial charge in [0.1, 0.15) is 6.04 Å². The molecule has 0 spiro atoms. The van der Waals surface area contributed by atoms with E-state index in [-0.39, 0.29) is 11.8 Å². The fourth-order valence-corrected chi connectivity index (χ4v) is 4.51. The van der Waals surface area contributed by atoms with Crippen molar-refractivity contribution in [1.82, 2.24) is 4.90 Å². The first-order valence-corrected chi connectivity index (χ1v) is 10.4. The van der Waals surface area contributed by atoms with Crippen molar-refractivity contribution in [3.05, 3.63) is 63.1 Å². The molecule has 2 aliphatic rings. The summed E-state index contributed by atoms with van der Waals surface area (Å²) in [5.74, 6) is -0.823. The third-order valence-corrected chi connectivity index (χ3v) is 6.18. The Bertz CT molecular complexity index is 1040. The summed E-state index contributed by atoms with van der Waals surface area (Å²) in [7, 11) is 1.34. The van der Waals surface area contributed by atoms with Gasteiger partial charge < -0.3 is 14.5 Å². The van der Waals surface area contributed by atoms with Crippen LogP contribution in [0.5, 0.6) is 0 Å². The van der Waals surface area contributed by atoms with Gasteiger partial charge in [0, 0.05) is 23.8 Å². The fraction of sp³-hybridized carbons (Fsp3) is 0.318. The quantitative estimate of drug-likeness (QED) is 0.668. The molecule has 0 aromatic heterocycles. The van der Waals surface area contributed by atoms with E-state index in [1.807, 2.05) is 0 Å². The molecule has 0 radical (unpaired) electrons. The molecular weight excluding hydrogens is 427 g/mol. The molecule has 1 atom stereocenters. The lowest BCUT2D eigenvalue weighted by Crippen LogP contribution is -2.47. The Morgan fingerprint density at radius 3 is 2.63 bits per heavy atom. The molecule has 2 aromatic carbocycles. The van der Waals surface area contributed by atoms with Gasteiger partial charge in [0.05, 0.1) is 23.3 Å². The lowest BCUT2D eigenvalue weighted by Gasteiger charge is -2.28. The first kappa shape index (κ1) is 20.7. The zero-order chi connectivity index (χ0) is 21.4. The number of likely N-dealkylation sites (tertiary alicyclic amines) is 1. The van der Waals surface area contributed by atoms with Crippen molar-refractivity contribution in [3.63, 3.8) is 0 Å². The number of methoxy groups -OCH3 is 1. The van der Waals surface area contributed by atoms with Crippen LogP contribution in [0.15, 0.2) is 36.4 Å². The number of hydrogen-bond donors (Lipinski definition) is 0. The molecule has 6 nitrogen and oxygen atoms in total. The van der Waals surface area contributed by atoms with Gasteiger partial charge in [-0.05, 0) is 61.2 Å². The number of fused-ring (bicyclic) bond motifs is 1. The summed E-state index contributed by atoms with van der Waals surface area (Å²) in [6, 6.07) is 9.36. The van der Waals surface area contributed by atoms with Crippen molar-refractivity contribution in [1.29, 1.82) is 0 Å². The van der Waals surface area contributed by atoms with E-state index in [2.05, 4.69) is 0 Å². The van der Waals surface area contributed by atoms with Crippen molar-refractivity contribution < 1.29 is 19.1 Å². The lowest BCUT2D eigenvalue weighted by atomic mass is 10.1. The minimum absolute atomic E-state index is 0.122. The molecule has 30 heavy (non-hydrogen) atoms. The van der Waals surface area contributed by atoms with Gasteiger partial charge >= 0.3 is 5.97 Å². The minimum Gasteiger partial charge on any atom is -0.465 e. The van der Waals surface area contributed by atoms with Crippen LogP contribution in [0.2, 0.25) is 10.0 Å². The minimum atomic E-state index is -0.557. The van der Waals surface area contributed by atoms with Crippen LogP contribution in [0.4, 0.5) is 5.69 Å². The maximum atomic E-state index is 13.4. The summed E-state index contributed by atoms with van der Waals surface area (Å²) in [5, 5.41) is 0.726. The van der Waals surface area contributed by atoms with E-state index in [1.165, 1.54) is 13.2 Å². The van der Waals surface area contributed by atoms with Gasteiger partial charge in [-0.25, -0.2) is 4.79 Å². The van der Waals surface area contributed by atoms with E-state index < -0.39 is 12.0 Å². The lowest BCUT2D eigenvalue weighted by molar-refractivity contribution is -0.122. The van der Waals surface area contributed by atoms with Crippen LogP contribution in [0.3, 0.4) is 0 Å². The summed E-state index contributed by atoms with van der Waals surface area (Å²) in [5.41, 5.74) is 2.44. The number of carbonyl (C=O) groups is 3. The highest BCUT2D eigenvalue weighted by atomic mass is 35.5. The van der Waals surface area contributed by atoms with Crippen LogP contribution in [-0.2, 0) is 16.0 Å². The summed E-state index contributed by atoms with van der Waals surface area (Å²) in [6.07, 6.45) is 1.98. The van der Waals surface area contributed by atoms with Crippen molar-refractivity contribution in [2.45, 2.75) is 25.3 Å². The number of ether oxygens (including phenoxy) is 1. The third kappa shape index (κ3) is 3.66. The average Bonchev–Trinajstić information content (AvgIpc) is 3.40. The number of hydrogen-bond acceptors (Lipinski definition) is 4. The Labute approximate surface area is 184 Å². The second-order valence-electron chi connectivity index (χ2n) is 7.36. The topological polar surface area (TPSA) is 66.9 Å². The zero-order valence-electron chi connectivity index (χ0n) is 16.4. The molecule has 2 amide bonds. The molecule has 1 saturated heterocycles. The Balaban J connectivity index is 1.58. The predicted octanol–water partition coefficient (Wildman–Crippen LogP) is 3.97. The monoisotopic (exact) mass is 446 g/mol. The molecule has 1 unspecified atom stereocenters. The van der Waals surface area contributed by atoms with E-state index in [1.54, 1.807) is 40.1 Å². The first-order valence-electron chi connectivity index (χ1n) is 9.69. The molecule has 2 aromatic rings. The van der Waals surface area contributed by atoms with Crippen molar-refractivity contribution in [2.24, 2.45) is 0 Å². The van der Waals surface area contributed by atoms with E-state index in [9.17, 15) is 14.4 Å². The number of carbonyl (C=O) groups excluding carboxylic acids is 3. The van der Waals surface area contributed by atoms with Crippen LogP contribution in [0.1, 0.15) is 39.1 Å². The summed E-state index contributed by atoms with van der Waals surface area (Å²) < 4.78 is 4.77. The Morgan fingerprint density at radius 1 is 1.07 bits per heavy atom. The Hall–Kier alpha value is -2.57. The molecule has 4 rings (SSSR count). The normalized spacial score (nSPS) is 17.8. The molecule has 8 heteroatoms. The van der Waals surface area contributed by atoms with Crippen molar-refractivity contribution in [3.8, 4) is 0 Å². The van der Waals surface area contributed by atoms with Crippen LogP contribution >= 0.6 is 23.2 Å². The van der Waals surface area contributed by atoms with Crippen molar-refractivity contribution in [2.75, 3.05) is 25.1 Å². The summed E-state index contributed by atoms with van der Waals surface area (Å²) in [6.45, 7) is 0.995. The van der Waals surface area contributed by atoms with Crippen LogP contribution in [0, 0.1) is 0 Å². The van der Waals surface area contributed by atoms with E-state index >= 15 is 0 Å². The molecule has 156 valence electrons. The maximum absolute atomic E-state index is 13.4. The number of benzene rings is 2. The van der Waals surface area contributed by atoms with Gasteiger partial charge in [-0.1, -0.05) is 23.2 Å². The number of esters is 1. The molecule has 2 heterocycles. The number of halogens is 2. The Morgan fingerprint density at radius 2 is 1.87 bits per heavy atom. The van der Waals surface area contributed by atoms with Gasteiger partial charge in [0.25, 0.3) is 5.91 Å². The van der Waals surface area contributed by atoms with E-state index in [0.717, 1.165) is 17.7 Å².